The van der Waals surface area contributed by atoms with Crippen molar-refractivity contribution in [3.05, 3.63) is 72.8 Å². The quantitative estimate of drug-likeness (QED) is 0.419. The van der Waals surface area contributed by atoms with Gasteiger partial charge in [0.05, 0.1) is 0 Å². The maximum atomic E-state index is 10.4. The van der Waals surface area contributed by atoms with Gasteiger partial charge in [-0.15, -0.1) is 0 Å². The summed E-state index contributed by atoms with van der Waals surface area (Å²) in [7, 11) is 0. The van der Waals surface area contributed by atoms with Gasteiger partial charge in [0.25, 0.3) is 0 Å². The van der Waals surface area contributed by atoms with Gasteiger partial charge in [0.15, 0.2) is 0 Å². The van der Waals surface area contributed by atoms with Gasteiger partial charge in [-0.25, -0.2) is 0 Å². The van der Waals surface area contributed by atoms with Crippen LogP contribution in [0.3, 0.4) is 0 Å². The Hall–Kier alpha value is -0.872. The standard InChI is InChI=1S/C20H14O2.2H2O.2Y/c21-17-11-9-13-5-1-3-7-15(13)19(17)20-16-8-4-2-6-14(16)10-12-18(20)22;;;;/h1-12,21-22H;2*1H2;;. The van der Waals surface area contributed by atoms with Crippen LogP contribution >= 0.6 is 0 Å². The van der Waals surface area contributed by atoms with Crippen molar-refractivity contribution in [3.8, 4) is 22.6 Å². The molecular weight excluding hydrogens is 482 g/mol. The number of aromatic hydroxyl groups is 2. The average Bonchev–Trinajstić information content (AvgIpc) is 2.56. The molecule has 4 aromatic rings. The molecule has 0 atom stereocenters. The summed E-state index contributed by atoms with van der Waals surface area (Å²) < 4.78 is 0. The Balaban J connectivity index is 0.00000156. The molecule has 0 heterocycles. The van der Waals surface area contributed by atoms with Gasteiger partial charge in [-0.2, -0.15) is 0 Å². The second-order valence-corrected chi connectivity index (χ2v) is 5.36. The molecule has 6 heteroatoms. The van der Waals surface area contributed by atoms with E-state index in [2.05, 4.69) is 0 Å². The molecule has 0 unspecified atom stereocenters. The normalized spacial score (nSPS) is 9.38. The van der Waals surface area contributed by atoms with Gasteiger partial charge in [-0.3, -0.25) is 0 Å². The molecule has 0 saturated carbocycles. The number of phenolic OH excluding ortho intramolecular Hbond substituents is 2. The zero-order valence-corrected chi connectivity index (χ0v) is 19.7. The average molecular weight is 500 g/mol. The van der Waals surface area contributed by atoms with E-state index in [-0.39, 0.29) is 87.9 Å². The molecule has 0 saturated heterocycles. The molecule has 4 rings (SSSR count). The van der Waals surface area contributed by atoms with E-state index < -0.39 is 0 Å². The Morgan fingerprint density at radius 3 is 1.19 bits per heavy atom. The van der Waals surface area contributed by atoms with E-state index in [9.17, 15) is 10.2 Å². The van der Waals surface area contributed by atoms with Crippen molar-refractivity contribution >= 4 is 21.5 Å². The van der Waals surface area contributed by atoms with E-state index in [4.69, 9.17) is 0 Å². The molecule has 6 N–H and O–H groups in total. The van der Waals surface area contributed by atoms with Gasteiger partial charge in [-0.05, 0) is 33.7 Å². The summed E-state index contributed by atoms with van der Waals surface area (Å²) in [6, 6.07) is 22.9. The van der Waals surface area contributed by atoms with Crippen LogP contribution in [0, 0.1) is 0 Å². The number of hydrogen-bond acceptors (Lipinski definition) is 2. The van der Waals surface area contributed by atoms with E-state index in [1.807, 2.05) is 60.7 Å². The van der Waals surface area contributed by atoms with Gasteiger partial charge in [0.2, 0.25) is 0 Å². The van der Waals surface area contributed by atoms with Crippen LogP contribution in [0.25, 0.3) is 32.7 Å². The first kappa shape index (κ1) is 25.1. The third kappa shape index (κ3) is 4.33. The fourth-order valence-electron chi connectivity index (χ4n) is 3.05. The molecule has 0 aliphatic carbocycles. The summed E-state index contributed by atoms with van der Waals surface area (Å²) in [5.74, 6) is 0.343. The van der Waals surface area contributed by atoms with Crippen molar-refractivity contribution in [1.29, 1.82) is 0 Å². The van der Waals surface area contributed by atoms with Gasteiger partial charge in [0.1, 0.15) is 11.5 Å². The minimum absolute atomic E-state index is 0. The van der Waals surface area contributed by atoms with Gasteiger partial charge >= 0.3 is 0 Å². The van der Waals surface area contributed by atoms with Crippen LogP contribution in [-0.2, 0) is 65.4 Å². The van der Waals surface area contributed by atoms with Crippen molar-refractivity contribution < 1.29 is 86.6 Å². The number of fused-ring (bicyclic) bond motifs is 2. The van der Waals surface area contributed by atoms with E-state index in [1.54, 1.807) is 12.1 Å². The number of phenols is 2. The maximum absolute atomic E-state index is 10.4. The van der Waals surface area contributed by atoms with Crippen molar-refractivity contribution in [2.24, 2.45) is 0 Å². The van der Waals surface area contributed by atoms with Crippen LogP contribution in [0.4, 0.5) is 0 Å². The summed E-state index contributed by atoms with van der Waals surface area (Å²) in [6.45, 7) is 0. The van der Waals surface area contributed by atoms with Crippen molar-refractivity contribution in [2.75, 3.05) is 0 Å². The summed E-state index contributed by atoms with van der Waals surface area (Å²) in [6.07, 6.45) is 0. The molecule has 0 bridgehead atoms. The summed E-state index contributed by atoms with van der Waals surface area (Å²) in [4.78, 5) is 0. The number of rotatable bonds is 1. The molecule has 0 aliphatic rings. The SMILES string of the molecule is O.O.Oc1ccc2ccccc2c1-c1c(O)ccc2ccccc12.[Y].[Y]. The van der Waals surface area contributed by atoms with E-state index in [0.29, 0.717) is 11.1 Å². The van der Waals surface area contributed by atoms with Crippen LogP contribution < -0.4 is 0 Å². The van der Waals surface area contributed by atoms with Crippen LogP contribution in [0.2, 0.25) is 0 Å². The summed E-state index contributed by atoms with van der Waals surface area (Å²) >= 11 is 0. The molecule has 0 aliphatic heterocycles. The van der Waals surface area contributed by atoms with Gasteiger partial charge < -0.3 is 21.2 Å². The fourth-order valence-corrected chi connectivity index (χ4v) is 3.05. The molecule has 0 spiro atoms. The molecule has 2 radical (unpaired) electrons. The van der Waals surface area contributed by atoms with Crippen LogP contribution in [0.15, 0.2) is 72.8 Å². The predicted molar refractivity (Wildman–Crippen MR) is 97.4 cm³/mol. The second-order valence-electron chi connectivity index (χ2n) is 5.36. The molecule has 128 valence electrons. The zero-order valence-electron chi connectivity index (χ0n) is 14.0. The minimum Gasteiger partial charge on any atom is -0.507 e. The van der Waals surface area contributed by atoms with E-state index >= 15 is 0 Å². The second kappa shape index (κ2) is 10.5. The molecule has 26 heavy (non-hydrogen) atoms. The maximum Gasteiger partial charge on any atom is 0.124 e. The third-order valence-electron chi connectivity index (χ3n) is 4.06. The number of benzene rings is 4. The zero-order chi connectivity index (χ0) is 15.1. The van der Waals surface area contributed by atoms with Gasteiger partial charge in [0, 0.05) is 76.5 Å². The first-order chi connectivity index (χ1) is 10.8. The van der Waals surface area contributed by atoms with Crippen LogP contribution in [-0.4, -0.2) is 21.2 Å². The minimum atomic E-state index is 0. The largest absolute Gasteiger partial charge is 0.507 e. The summed E-state index contributed by atoms with van der Waals surface area (Å²) in [5, 5.41) is 24.8. The molecule has 0 amide bonds. The first-order valence-electron chi connectivity index (χ1n) is 7.17. The Morgan fingerprint density at radius 1 is 0.462 bits per heavy atom. The molecule has 4 aromatic carbocycles. The van der Waals surface area contributed by atoms with Crippen molar-refractivity contribution in [3.63, 3.8) is 0 Å². The van der Waals surface area contributed by atoms with E-state index in [1.165, 1.54) is 0 Å². The smallest absolute Gasteiger partial charge is 0.124 e. The fraction of sp³-hybridized carbons (Fsp3) is 0. The molecular formula is C20H18O4Y2. The van der Waals surface area contributed by atoms with Gasteiger partial charge in [-0.1, -0.05) is 60.7 Å². The molecule has 0 fully saturated rings. The Morgan fingerprint density at radius 2 is 0.808 bits per heavy atom. The summed E-state index contributed by atoms with van der Waals surface area (Å²) in [5.41, 5.74) is 1.35. The van der Waals surface area contributed by atoms with E-state index in [0.717, 1.165) is 21.5 Å². The first-order valence-corrected chi connectivity index (χ1v) is 7.17. The topological polar surface area (TPSA) is 103 Å². The Bertz CT molecular complexity index is 936. The van der Waals surface area contributed by atoms with Crippen molar-refractivity contribution in [1.82, 2.24) is 0 Å². The molecule has 4 nitrogen and oxygen atoms in total. The van der Waals surface area contributed by atoms with Crippen LogP contribution in [0.5, 0.6) is 11.5 Å². The Labute approximate surface area is 201 Å². The predicted octanol–water partition coefficient (Wildman–Crippen LogP) is 3.42. The Kier molecular flexibility index (Phi) is 10.1. The third-order valence-corrected chi connectivity index (χ3v) is 4.06. The molecule has 0 aromatic heterocycles. The van der Waals surface area contributed by atoms with Crippen molar-refractivity contribution in [2.45, 2.75) is 0 Å². The number of hydrogen-bond donors (Lipinski definition) is 2. The van der Waals surface area contributed by atoms with Crippen LogP contribution in [0.1, 0.15) is 0 Å². The monoisotopic (exact) mass is 500 g/mol.